The van der Waals surface area contributed by atoms with E-state index in [1.165, 1.54) is 23.8 Å². The fourth-order valence-electron chi connectivity index (χ4n) is 4.81. The standard InChI is InChI=1S/C21H22N2O3/c1-12-16-10-23-8-7-14-13-5-3-4-6-18(13)22-20(14)19(23)9-15(16)17(11-26-12)21(24)25-2/h3-8,11-12,15-16,19,22H,9-10H2,1-2H3/t12-,15-,16-,19?/m0/s1. The quantitative estimate of drug-likeness (QED) is 0.799. The van der Waals surface area contributed by atoms with Crippen molar-refractivity contribution in [2.45, 2.75) is 25.5 Å². The van der Waals surface area contributed by atoms with Crippen molar-refractivity contribution in [2.24, 2.45) is 11.8 Å². The van der Waals surface area contributed by atoms with Crippen molar-refractivity contribution >= 4 is 22.9 Å². The Labute approximate surface area is 152 Å². The van der Waals surface area contributed by atoms with Gasteiger partial charge in [0.1, 0.15) is 6.10 Å². The van der Waals surface area contributed by atoms with Gasteiger partial charge in [-0.1, -0.05) is 18.2 Å². The first-order valence-corrected chi connectivity index (χ1v) is 9.15. The molecule has 0 aliphatic carbocycles. The maximum absolute atomic E-state index is 12.3. The van der Waals surface area contributed by atoms with Crippen molar-refractivity contribution in [2.75, 3.05) is 13.7 Å². The third-order valence-corrected chi connectivity index (χ3v) is 6.19. The van der Waals surface area contributed by atoms with Gasteiger partial charge in [0, 0.05) is 46.7 Å². The number of hydrogen-bond donors (Lipinski definition) is 1. The maximum Gasteiger partial charge on any atom is 0.337 e. The average Bonchev–Trinajstić information content (AvgIpc) is 3.06. The molecular formula is C21H22N2O3. The molecule has 4 atom stereocenters. The van der Waals surface area contributed by atoms with Crippen molar-refractivity contribution in [3.05, 3.63) is 53.6 Å². The number of carbonyl (C=O) groups excluding carboxylic acids is 1. The molecule has 1 aromatic carbocycles. The van der Waals surface area contributed by atoms with Crippen LogP contribution in [0.2, 0.25) is 0 Å². The third kappa shape index (κ3) is 2.13. The summed E-state index contributed by atoms with van der Waals surface area (Å²) in [5.41, 5.74) is 4.34. The molecule has 3 aliphatic heterocycles. The molecule has 5 nitrogen and oxygen atoms in total. The van der Waals surface area contributed by atoms with Gasteiger partial charge >= 0.3 is 5.97 Å². The normalized spacial score (nSPS) is 29.3. The van der Waals surface area contributed by atoms with E-state index in [9.17, 15) is 4.79 Å². The Hall–Kier alpha value is -2.69. The minimum atomic E-state index is -0.274. The molecule has 1 saturated heterocycles. The minimum absolute atomic E-state index is 0.0897. The van der Waals surface area contributed by atoms with Crippen molar-refractivity contribution in [1.29, 1.82) is 0 Å². The molecule has 1 fully saturated rings. The number of nitrogens with zero attached hydrogens (tertiary/aromatic N) is 1. The van der Waals surface area contributed by atoms with Crippen LogP contribution in [-0.4, -0.2) is 35.6 Å². The van der Waals surface area contributed by atoms with Crippen LogP contribution in [0.3, 0.4) is 0 Å². The molecule has 5 heteroatoms. The average molecular weight is 350 g/mol. The lowest BCUT2D eigenvalue weighted by Crippen LogP contribution is -2.48. The summed E-state index contributed by atoms with van der Waals surface area (Å²) >= 11 is 0. The highest BCUT2D eigenvalue weighted by atomic mass is 16.5. The summed E-state index contributed by atoms with van der Waals surface area (Å²) in [6.45, 7) is 2.96. The van der Waals surface area contributed by atoms with Crippen LogP contribution in [0.4, 0.5) is 0 Å². The van der Waals surface area contributed by atoms with Gasteiger partial charge < -0.3 is 19.4 Å². The number of piperidine rings is 1. The summed E-state index contributed by atoms with van der Waals surface area (Å²) in [4.78, 5) is 18.3. The van der Waals surface area contributed by atoms with Crippen LogP contribution in [0.1, 0.15) is 30.6 Å². The third-order valence-electron chi connectivity index (χ3n) is 6.19. The van der Waals surface area contributed by atoms with E-state index < -0.39 is 0 Å². The first kappa shape index (κ1) is 15.6. The van der Waals surface area contributed by atoms with Crippen LogP contribution < -0.4 is 0 Å². The van der Waals surface area contributed by atoms with Crippen molar-refractivity contribution in [3.8, 4) is 0 Å². The molecule has 1 N–H and O–H groups in total. The van der Waals surface area contributed by atoms with Crippen molar-refractivity contribution < 1.29 is 14.3 Å². The number of para-hydroxylation sites is 1. The summed E-state index contributed by atoms with van der Waals surface area (Å²) < 4.78 is 10.8. The molecule has 2 aromatic rings. The van der Waals surface area contributed by atoms with E-state index in [2.05, 4.69) is 53.3 Å². The Bertz CT molecular complexity index is 942. The van der Waals surface area contributed by atoms with E-state index >= 15 is 0 Å². The summed E-state index contributed by atoms with van der Waals surface area (Å²) in [6, 6.07) is 8.65. The monoisotopic (exact) mass is 350 g/mol. The number of aromatic amines is 1. The van der Waals surface area contributed by atoms with Crippen LogP contribution in [0, 0.1) is 11.8 Å². The number of aromatic nitrogens is 1. The molecule has 0 spiro atoms. The molecule has 1 aromatic heterocycles. The Balaban J connectivity index is 1.57. The number of nitrogens with one attached hydrogen (secondary N) is 1. The molecule has 0 radical (unpaired) electrons. The van der Waals surface area contributed by atoms with Crippen molar-refractivity contribution in [3.63, 3.8) is 0 Å². The largest absolute Gasteiger partial charge is 0.497 e. The number of methoxy groups -OCH3 is 1. The molecular weight excluding hydrogens is 328 g/mol. The van der Waals surface area contributed by atoms with Gasteiger partial charge in [0.25, 0.3) is 0 Å². The van der Waals surface area contributed by atoms with Gasteiger partial charge in [-0.2, -0.15) is 0 Å². The van der Waals surface area contributed by atoms with E-state index in [0.29, 0.717) is 5.57 Å². The van der Waals surface area contributed by atoms with Crippen LogP contribution in [-0.2, 0) is 14.3 Å². The van der Waals surface area contributed by atoms with E-state index in [0.717, 1.165) is 18.5 Å². The Kier molecular flexibility index (Phi) is 3.39. The molecule has 0 amide bonds. The Morgan fingerprint density at radius 1 is 1.35 bits per heavy atom. The Morgan fingerprint density at radius 3 is 3.04 bits per heavy atom. The van der Waals surface area contributed by atoms with Gasteiger partial charge in [0.2, 0.25) is 0 Å². The molecule has 134 valence electrons. The second kappa shape index (κ2) is 5.66. The summed E-state index contributed by atoms with van der Waals surface area (Å²) in [5.74, 6) is 0.155. The van der Waals surface area contributed by atoms with E-state index in [4.69, 9.17) is 9.47 Å². The Morgan fingerprint density at radius 2 is 2.19 bits per heavy atom. The van der Waals surface area contributed by atoms with Crippen LogP contribution in [0.25, 0.3) is 17.0 Å². The number of carbonyl (C=O) groups is 1. The zero-order valence-corrected chi connectivity index (χ0v) is 14.9. The molecule has 3 aliphatic rings. The SMILES string of the molecule is COC(=O)C1=CO[C@@H](C)[C@@H]2CN3C=Cc4c([nH]c5ccccc45)C3C[C@H]12. The molecule has 0 bridgehead atoms. The van der Waals surface area contributed by atoms with Crippen LogP contribution >= 0.6 is 0 Å². The second-order valence-corrected chi connectivity index (χ2v) is 7.44. The van der Waals surface area contributed by atoms with Gasteiger partial charge in [-0.05, 0) is 25.5 Å². The minimum Gasteiger partial charge on any atom is -0.497 e. The predicted octanol–water partition coefficient (Wildman–Crippen LogP) is 3.61. The zero-order chi connectivity index (χ0) is 17.8. The maximum atomic E-state index is 12.3. The smallest absolute Gasteiger partial charge is 0.337 e. The summed E-state index contributed by atoms with van der Waals surface area (Å²) in [6.07, 6.45) is 7.00. The number of ether oxygens (including phenoxy) is 2. The first-order valence-electron chi connectivity index (χ1n) is 9.15. The van der Waals surface area contributed by atoms with E-state index in [-0.39, 0.29) is 30.0 Å². The van der Waals surface area contributed by atoms with Gasteiger partial charge in [-0.3, -0.25) is 0 Å². The van der Waals surface area contributed by atoms with Gasteiger partial charge in [0.15, 0.2) is 0 Å². The molecule has 0 saturated carbocycles. The number of esters is 1. The molecule has 1 unspecified atom stereocenters. The van der Waals surface area contributed by atoms with Gasteiger partial charge in [-0.25, -0.2) is 4.79 Å². The van der Waals surface area contributed by atoms with Crippen LogP contribution in [0.15, 0.2) is 42.3 Å². The lowest BCUT2D eigenvalue weighted by Gasteiger charge is -2.48. The zero-order valence-electron chi connectivity index (χ0n) is 14.9. The number of hydrogen-bond acceptors (Lipinski definition) is 4. The van der Waals surface area contributed by atoms with Crippen molar-refractivity contribution in [1.82, 2.24) is 9.88 Å². The highest BCUT2D eigenvalue weighted by Gasteiger charge is 2.45. The topological polar surface area (TPSA) is 54.6 Å². The molecule has 5 rings (SSSR count). The highest BCUT2D eigenvalue weighted by molar-refractivity contribution is 5.91. The van der Waals surface area contributed by atoms with E-state index in [1.54, 1.807) is 6.26 Å². The van der Waals surface area contributed by atoms with Gasteiger partial charge in [0.05, 0.1) is 25.0 Å². The summed E-state index contributed by atoms with van der Waals surface area (Å²) in [5, 5.41) is 1.25. The number of rotatable bonds is 1. The molecule has 4 heterocycles. The number of H-pyrrole nitrogens is 1. The van der Waals surface area contributed by atoms with E-state index in [1.807, 2.05) is 0 Å². The predicted molar refractivity (Wildman–Crippen MR) is 99.0 cm³/mol. The first-order chi connectivity index (χ1) is 12.7. The number of fused-ring (bicyclic) bond motifs is 6. The fourth-order valence-corrected chi connectivity index (χ4v) is 4.81. The second-order valence-electron chi connectivity index (χ2n) is 7.44. The van der Waals surface area contributed by atoms with Gasteiger partial charge in [-0.15, -0.1) is 0 Å². The lowest BCUT2D eigenvalue weighted by atomic mass is 9.73. The molecule has 26 heavy (non-hydrogen) atoms. The fraction of sp³-hybridized carbons (Fsp3) is 0.381. The number of benzene rings is 1. The lowest BCUT2D eigenvalue weighted by molar-refractivity contribution is -0.138. The summed E-state index contributed by atoms with van der Waals surface area (Å²) in [7, 11) is 1.44. The van der Waals surface area contributed by atoms with Crippen LogP contribution in [0.5, 0.6) is 0 Å². The highest BCUT2D eigenvalue weighted by Crippen LogP contribution is 2.47.